The Balaban J connectivity index is 2.05. The van der Waals surface area contributed by atoms with Crippen molar-refractivity contribution in [3.63, 3.8) is 0 Å². The van der Waals surface area contributed by atoms with E-state index in [1.807, 2.05) is 36.4 Å². The van der Waals surface area contributed by atoms with E-state index < -0.39 is 0 Å². The van der Waals surface area contributed by atoms with Crippen LogP contribution in [0.25, 0.3) is 10.9 Å². The second kappa shape index (κ2) is 7.58. The molecule has 1 N–H and O–H groups in total. The summed E-state index contributed by atoms with van der Waals surface area (Å²) < 4.78 is 5.35. The summed E-state index contributed by atoms with van der Waals surface area (Å²) in [6.07, 6.45) is 1.75. The Labute approximate surface area is 146 Å². The van der Waals surface area contributed by atoms with Gasteiger partial charge in [0, 0.05) is 21.5 Å². The van der Waals surface area contributed by atoms with Gasteiger partial charge in [-0.1, -0.05) is 37.3 Å². The zero-order chi connectivity index (χ0) is 16.9. The number of benzene rings is 2. The van der Waals surface area contributed by atoms with Crippen LogP contribution in [0.1, 0.15) is 24.1 Å². The first-order chi connectivity index (χ1) is 11.8. The van der Waals surface area contributed by atoms with Gasteiger partial charge in [0.1, 0.15) is 12.0 Å². The number of nitrogens with one attached hydrogen (secondary N) is 1. The number of hydrogen-bond donors (Lipinski definition) is 1. The van der Waals surface area contributed by atoms with Crippen LogP contribution in [0.5, 0.6) is 5.75 Å². The van der Waals surface area contributed by atoms with E-state index in [-0.39, 0.29) is 5.92 Å². The molecule has 3 aromatic rings. The predicted octanol–water partition coefficient (Wildman–Crippen LogP) is 4.81. The zero-order valence-corrected chi connectivity index (χ0v) is 14.7. The van der Waals surface area contributed by atoms with Crippen LogP contribution in [0, 0.1) is 0 Å². The highest BCUT2D eigenvalue weighted by Crippen LogP contribution is 2.37. The molecule has 0 aliphatic heterocycles. The second-order valence-corrected chi connectivity index (χ2v) is 6.92. The third kappa shape index (κ3) is 3.34. The fourth-order valence-corrected chi connectivity index (χ4v) is 3.91. The number of methoxy groups -OCH3 is 1. The maximum atomic E-state index is 11.8. The van der Waals surface area contributed by atoms with E-state index in [9.17, 15) is 4.79 Å². The number of fused-ring (bicyclic) bond motifs is 1. The van der Waals surface area contributed by atoms with E-state index >= 15 is 0 Å². The first-order valence-corrected chi connectivity index (χ1v) is 9.07. The molecule has 0 bridgehead atoms. The molecule has 0 saturated carbocycles. The first-order valence-electron chi connectivity index (χ1n) is 8.08. The summed E-state index contributed by atoms with van der Waals surface area (Å²) in [4.78, 5) is 16.4. The molecule has 1 atom stereocenters. The van der Waals surface area contributed by atoms with Crippen molar-refractivity contribution in [3.05, 3.63) is 59.8 Å². The van der Waals surface area contributed by atoms with Gasteiger partial charge in [-0.05, 0) is 35.9 Å². The summed E-state index contributed by atoms with van der Waals surface area (Å²) in [6, 6.07) is 16.1. The van der Waals surface area contributed by atoms with Gasteiger partial charge >= 0.3 is 0 Å². The van der Waals surface area contributed by atoms with Crippen molar-refractivity contribution in [1.29, 1.82) is 0 Å². The third-order valence-corrected chi connectivity index (χ3v) is 5.12. The summed E-state index contributed by atoms with van der Waals surface area (Å²) in [7, 11) is 1.67. The summed E-state index contributed by atoms with van der Waals surface area (Å²) in [5.74, 6) is 1.60. The van der Waals surface area contributed by atoms with Crippen LogP contribution in [0.3, 0.4) is 0 Å². The molecular formula is C20H21NO2S. The highest BCUT2D eigenvalue weighted by molar-refractivity contribution is 7.99. The number of aromatic nitrogens is 1. The normalized spacial score (nSPS) is 12.2. The molecule has 3 rings (SSSR count). The summed E-state index contributed by atoms with van der Waals surface area (Å²) >= 11 is 1.77. The van der Waals surface area contributed by atoms with Gasteiger partial charge in [-0.15, -0.1) is 11.8 Å². The Morgan fingerprint density at radius 3 is 2.67 bits per heavy atom. The molecule has 4 heteroatoms. The van der Waals surface area contributed by atoms with Crippen LogP contribution < -0.4 is 4.74 Å². The summed E-state index contributed by atoms with van der Waals surface area (Å²) in [5.41, 5.74) is 3.21. The van der Waals surface area contributed by atoms with Gasteiger partial charge in [0.05, 0.1) is 13.0 Å². The molecule has 2 aromatic carbocycles. The average Bonchev–Trinajstić information content (AvgIpc) is 2.98. The number of H-pyrrole nitrogens is 1. The average molecular weight is 339 g/mol. The highest BCUT2D eigenvalue weighted by Gasteiger charge is 2.20. The van der Waals surface area contributed by atoms with Gasteiger partial charge in [0.2, 0.25) is 0 Å². The van der Waals surface area contributed by atoms with Gasteiger partial charge in [-0.2, -0.15) is 0 Å². The van der Waals surface area contributed by atoms with Gasteiger partial charge in [-0.3, -0.25) is 0 Å². The highest BCUT2D eigenvalue weighted by atomic mass is 32.2. The van der Waals surface area contributed by atoms with Crippen molar-refractivity contribution in [3.8, 4) is 5.75 Å². The Bertz CT molecular complexity index is 826. The summed E-state index contributed by atoms with van der Waals surface area (Å²) in [5, 5.41) is 1.12. The lowest BCUT2D eigenvalue weighted by atomic mass is 9.97. The van der Waals surface area contributed by atoms with Crippen molar-refractivity contribution in [1.82, 2.24) is 4.98 Å². The van der Waals surface area contributed by atoms with E-state index in [1.54, 1.807) is 18.9 Å². The SMILES string of the molecule is CCSc1c(C(C=O)Cc2ccccc2)[nH]c2ccc(OC)cc12. The predicted molar refractivity (Wildman–Crippen MR) is 100 cm³/mol. The number of thioether (sulfide) groups is 1. The molecule has 0 fully saturated rings. The van der Waals surface area contributed by atoms with Gasteiger partial charge in [0.15, 0.2) is 0 Å². The summed E-state index contributed by atoms with van der Waals surface area (Å²) in [6.45, 7) is 2.13. The lowest BCUT2D eigenvalue weighted by Crippen LogP contribution is -2.06. The van der Waals surface area contributed by atoms with Crippen LogP contribution in [0.4, 0.5) is 0 Å². The molecule has 3 nitrogen and oxygen atoms in total. The lowest BCUT2D eigenvalue weighted by molar-refractivity contribution is -0.109. The zero-order valence-electron chi connectivity index (χ0n) is 13.9. The van der Waals surface area contributed by atoms with Crippen LogP contribution in [0.2, 0.25) is 0 Å². The molecule has 24 heavy (non-hydrogen) atoms. The van der Waals surface area contributed by atoms with E-state index in [0.717, 1.165) is 39.3 Å². The molecule has 1 heterocycles. The number of rotatable bonds is 7. The smallest absolute Gasteiger partial charge is 0.129 e. The molecule has 0 aliphatic rings. The minimum atomic E-state index is -0.181. The number of aromatic amines is 1. The topological polar surface area (TPSA) is 42.1 Å². The standard InChI is InChI=1S/C20H21NO2S/c1-3-24-20-17-12-16(23-2)9-10-18(17)21-19(20)15(13-22)11-14-7-5-4-6-8-14/h4-10,12-13,15,21H,3,11H2,1-2H3. The maximum Gasteiger partial charge on any atom is 0.129 e. The Morgan fingerprint density at radius 1 is 1.21 bits per heavy atom. The van der Waals surface area contributed by atoms with Crippen LogP contribution in [0.15, 0.2) is 53.4 Å². The molecule has 1 aromatic heterocycles. The van der Waals surface area contributed by atoms with E-state index in [4.69, 9.17) is 4.74 Å². The van der Waals surface area contributed by atoms with Crippen LogP contribution in [-0.2, 0) is 11.2 Å². The minimum Gasteiger partial charge on any atom is -0.497 e. The van der Waals surface area contributed by atoms with Crippen LogP contribution in [-0.4, -0.2) is 24.1 Å². The number of hydrogen-bond acceptors (Lipinski definition) is 3. The number of ether oxygens (including phenoxy) is 1. The molecule has 0 aliphatic carbocycles. The van der Waals surface area contributed by atoms with Crippen molar-refractivity contribution in [2.24, 2.45) is 0 Å². The maximum absolute atomic E-state index is 11.8. The Hall–Kier alpha value is -2.20. The van der Waals surface area contributed by atoms with Gasteiger partial charge in [0.25, 0.3) is 0 Å². The molecular weight excluding hydrogens is 318 g/mol. The van der Waals surface area contributed by atoms with Crippen molar-refractivity contribution in [2.75, 3.05) is 12.9 Å². The lowest BCUT2D eigenvalue weighted by Gasteiger charge is -2.11. The van der Waals surface area contributed by atoms with Gasteiger partial charge in [-0.25, -0.2) is 0 Å². The molecule has 0 saturated heterocycles. The Kier molecular flexibility index (Phi) is 5.26. The minimum absolute atomic E-state index is 0.181. The van der Waals surface area contributed by atoms with E-state index in [2.05, 4.69) is 24.0 Å². The monoisotopic (exact) mass is 339 g/mol. The number of carbonyl (C=O) groups excluding carboxylic acids is 1. The van der Waals surface area contributed by atoms with E-state index in [1.165, 1.54) is 5.56 Å². The van der Waals surface area contributed by atoms with Gasteiger partial charge < -0.3 is 14.5 Å². The second-order valence-electron chi connectivity index (χ2n) is 5.64. The number of aldehydes is 1. The molecule has 1 unspecified atom stereocenters. The third-order valence-electron chi connectivity index (χ3n) is 4.11. The van der Waals surface area contributed by atoms with Crippen molar-refractivity contribution < 1.29 is 9.53 Å². The number of carbonyl (C=O) groups is 1. The first kappa shape index (κ1) is 16.7. The largest absolute Gasteiger partial charge is 0.497 e. The Morgan fingerprint density at radius 2 is 2.00 bits per heavy atom. The quantitative estimate of drug-likeness (QED) is 0.496. The molecule has 0 spiro atoms. The van der Waals surface area contributed by atoms with Crippen molar-refractivity contribution in [2.45, 2.75) is 24.2 Å². The van der Waals surface area contributed by atoms with Crippen molar-refractivity contribution >= 4 is 29.0 Å². The van der Waals surface area contributed by atoms with Crippen LogP contribution >= 0.6 is 11.8 Å². The molecule has 124 valence electrons. The molecule has 0 amide bonds. The fourth-order valence-electron chi connectivity index (χ4n) is 2.94. The molecule has 0 radical (unpaired) electrons. The fraction of sp³-hybridized carbons (Fsp3) is 0.250. The van der Waals surface area contributed by atoms with E-state index in [0.29, 0.717) is 6.42 Å².